The van der Waals surface area contributed by atoms with Crippen molar-refractivity contribution in [2.75, 3.05) is 31.1 Å². The first-order valence-corrected chi connectivity index (χ1v) is 9.62. The van der Waals surface area contributed by atoms with E-state index in [0.717, 1.165) is 5.69 Å². The van der Waals surface area contributed by atoms with Gasteiger partial charge in [-0.15, -0.1) is 0 Å². The predicted octanol–water partition coefficient (Wildman–Crippen LogP) is 4.02. The molecule has 1 fully saturated rings. The summed E-state index contributed by atoms with van der Waals surface area (Å²) in [6, 6.07) is 22.4. The number of halogens is 1. The number of hydrogen-bond donors (Lipinski definition) is 0. The molecule has 4 rings (SSSR count). The minimum absolute atomic E-state index is 0.136. The van der Waals surface area contributed by atoms with Gasteiger partial charge >= 0.3 is 0 Å². The predicted molar refractivity (Wildman–Crippen MR) is 111 cm³/mol. The highest BCUT2D eigenvalue weighted by Crippen LogP contribution is 2.20. The fourth-order valence-corrected chi connectivity index (χ4v) is 3.60. The van der Waals surface area contributed by atoms with Gasteiger partial charge in [0.1, 0.15) is 5.82 Å². The number of benzene rings is 3. The molecule has 1 aliphatic heterocycles. The van der Waals surface area contributed by atoms with Crippen molar-refractivity contribution in [2.24, 2.45) is 0 Å². The Morgan fingerprint density at radius 3 is 1.93 bits per heavy atom. The Hall–Kier alpha value is -3.47. The smallest absolute Gasteiger partial charge is 0.254 e. The zero-order valence-corrected chi connectivity index (χ0v) is 15.9. The highest BCUT2D eigenvalue weighted by molar-refractivity contribution is 6.15. The van der Waals surface area contributed by atoms with Crippen LogP contribution in [0.3, 0.4) is 0 Å². The maximum absolute atomic E-state index is 13.1. The first-order valence-electron chi connectivity index (χ1n) is 9.62. The molecule has 1 amide bonds. The first-order chi connectivity index (χ1) is 14.1. The van der Waals surface area contributed by atoms with E-state index in [4.69, 9.17) is 0 Å². The van der Waals surface area contributed by atoms with E-state index in [9.17, 15) is 14.0 Å². The third-order valence-electron chi connectivity index (χ3n) is 5.20. The van der Waals surface area contributed by atoms with Crippen LogP contribution in [-0.4, -0.2) is 42.8 Å². The minimum Gasteiger partial charge on any atom is -0.368 e. The molecule has 0 aromatic heterocycles. The maximum Gasteiger partial charge on any atom is 0.254 e. The normalized spacial score (nSPS) is 14.0. The fourth-order valence-electron chi connectivity index (χ4n) is 3.60. The van der Waals surface area contributed by atoms with Crippen molar-refractivity contribution in [2.45, 2.75) is 0 Å². The van der Waals surface area contributed by atoms with Gasteiger partial charge in [-0.05, 0) is 30.3 Å². The van der Waals surface area contributed by atoms with E-state index in [-0.39, 0.29) is 17.5 Å². The molecule has 3 aromatic rings. The fraction of sp³-hybridized carbons (Fsp3) is 0.167. The number of piperazine rings is 1. The lowest BCUT2D eigenvalue weighted by molar-refractivity contribution is 0.0742. The largest absolute Gasteiger partial charge is 0.368 e. The van der Waals surface area contributed by atoms with Gasteiger partial charge in [0.25, 0.3) is 5.91 Å². The van der Waals surface area contributed by atoms with Crippen LogP contribution in [0.4, 0.5) is 10.1 Å². The van der Waals surface area contributed by atoms with E-state index in [1.165, 1.54) is 12.1 Å². The molecule has 0 bridgehead atoms. The zero-order valence-electron chi connectivity index (χ0n) is 15.9. The number of carbonyl (C=O) groups excluding carboxylic acids is 2. The van der Waals surface area contributed by atoms with Crippen molar-refractivity contribution in [1.82, 2.24) is 4.90 Å². The van der Waals surface area contributed by atoms with Gasteiger partial charge in [-0.25, -0.2) is 4.39 Å². The molecule has 0 aliphatic carbocycles. The number of rotatable bonds is 4. The highest BCUT2D eigenvalue weighted by Gasteiger charge is 2.25. The van der Waals surface area contributed by atoms with Gasteiger partial charge in [-0.1, -0.05) is 48.5 Å². The average Bonchev–Trinajstić information content (AvgIpc) is 2.79. The summed E-state index contributed by atoms with van der Waals surface area (Å²) in [5, 5.41) is 0. The van der Waals surface area contributed by atoms with Crippen LogP contribution >= 0.6 is 0 Å². The minimum atomic E-state index is -0.262. The summed E-state index contributed by atoms with van der Waals surface area (Å²) < 4.78 is 13.1. The van der Waals surface area contributed by atoms with Crippen LogP contribution in [0.5, 0.6) is 0 Å². The van der Waals surface area contributed by atoms with Crippen LogP contribution in [0.15, 0.2) is 78.9 Å². The number of anilines is 1. The lowest BCUT2D eigenvalue weighted by atomic mass is 9.97. The lowest BCUT2D eigenvalue weighted by Crippen LogP contribution is -2.49. The van der Waals surface area contributed by atoms with Crippen LogP contribution in [0.2, 0.25) is 0 Å². The summed E-state index contributed by atoms with van der Waals surface area (Å²) in [5.74, 6) is -0.551. The summed E-state index contributed by atoms with van der Waals surface area (Å²) in [4.78, 5) is 30.0. The number of hydrogen-bond acceptors (Lipinski definition) is 3. The summed E-state index contributed by atoms with van der Waals surface area (Å²) in [5.41, 5.74) is 2.35. The number of ketones is 1. The van der Waals surface area contributed by atoms with Crippen molar-refractivity contribution >= 4 is 17.4 Å². The van der Waals surface area contributed by atoms with Crippen molar-refractivity contribution < 1.29 is 14.0 Å². The molecule has 3 aromatic carbocycles. The Kier molecular flexibility index (Phi) is 5.38. The van der Waals surface area contributed by atoms with Crippen LogP contribution in [0.25, 0.3) is 0 Å². The summed E-state index contributed by atoms with van der Waals surface area (Å²) in [6.07, 6.45) is 0. The molecule has 0 atom stereocenters. The van der Waals surface area contributed by atoms with E-state index in [0.29, 0.717) is 42.9 Å². The summed E-state index contributed by atoms with van der Waals surface area (Å²) in [6.45, 7) is 2.41. The van der Waals surface area contributed by atoms with Crippen LogP contribution in [-0.2, 0) is 0 Å². The molecule has 4 nitrogen and oxygen atoms in total. The van der Waals surface area contributed by atoms with Crippen LogP contribution < -0.4 is 4.90 Å². The molecular weight excluding hydrogens is 367 g/mol. The second kappa shape index (κ2) is 8.27. The Bertz CT molecular complexity index is 1010. The second-order valence-electron chi connectivity index (χ2n) is 7.00. The molecule has 0 N–H and O–H groups in total. The second-order valence-corrected chi connectivity index (χ2v) is 7.00. The van der Waals surface area contributed by atoms with E-state index >= 15 is 0 Å². The van der Waals surface area contributed by atoms with Gasteiger partial charge in [0.15, 0.2) is 5.78 Å². The number of amides is 1. The first kappa shape index (κ1) is 18.9. The van der Waals surface area contributed by atoms with Crippen molar-refractivity contribution in [3.05, 3.63) is 101 Å². The molecule has 29 heavy (non-hydrogen) atoms. The number of carbonyl (C=O) groups is 2. The van der Waals surface area contributed by atoms with Crippen molar-refractivity contribution in [3.8, 4) is 0 Å². The zero-order chi connectivity index (χ0) is 20.2. The Morgan fingerprint density at radius 2 is 1.28 bits per heavy atom. The average molecular weight is 388 g/mol. The van der Waals surface area contributed by atoms with Crippen LogP contribution in [0, 0.1) is 5.82 Å². The van der Waals surface area contributed by atoms with Gasteiger partial charge in [-0.2, -0.15) is 0 Å². The molecule has 5 heteroatoms. The van der Waals surface area contributed by atoms with E-state index in [1.807, 2.05) is 18.2 Å². The highest BCUT2D eigenvalue weighted by atomic mass is 19.1. The maximum atomic E-state index is 13.1. The molecule has 1 heterocycles. The molecule has 1 aliphatic rings. The van der Waals surface area contributed by atoms with Crippen LogP contribution in [0.1, 0.15) is 26.3 Å². The van der Waals surface area contributed by atoms with Gasteiger partial charge < -0.3 is 9.80 Å². The van der Waals surface area contributed by atoms with E-state index < -0.39 is 0 Å². The van der Waals surface area contributed by atoms with Gasteiger partial charge in [0.2, 0.25) is 0 Å². The molecule has 0 unspecified atom stereocenters. The molecule has 0 spiro atoms. The summed E-state index contributed by atoms with van der Waals surface area (Å²) in [7, 11) is 0. The molecule has 0 saturated carbocycles. The summed E-state index contributed by atoms with van der Waals surface area (Å²) >= 11 is 0. The Morgan fingerprint density at radius 1 is 0.690 bits per heavy atom. The van der Waals surface area contributed by atoms with Crippen molar-refractivity contribution in [1.29, 1.82) is 0 Å². The quantitative estimate of drug-likeness (QED) is 0.634. The molecule has 146 valence electrons. The molecular formula is C24H21FN2O2. The Balaban J connectivity index is 1.50. The number of nitrogens with zero attached hydrogens (tertiary/aromatic N) is 2. The van der Waals surface area contributed by atoms with Gasteiger partial charge in [0.05, 0.1) is 5.56 Å². The third-order valence-corrected chi connectivity index (χ3v) is 5.20. The SMILES string of the molecule is O=C(c1ccccc1)c1ccccc1C(=O)N1CCN(c2ccc(F)cc2)CC1. The molecule has 1 saturated heterocycles. The van der Waals surface area contributed by atoms with Gasteiger partial charge in [0, 0.05) is 43.0 Å². The topological polar surface area (TPSA) is 40.6 Å². The standard InChI is InChI=1S/C24H21FN2O2/c25-19-10-12-20(13-11-19)26-14-16-27(17-15-26)24(29)22-9-5-4-8-21(22)23(28)18-6-2-1-3-7-18/h1-13H,14-17H2. The van der Waals surface area contributed by atoms with E-state index in [1.54, 1.807) is 53.4 Å². The molecule has 0 radical (unpaired) electrons. The van der Waals surface area contributed by atoms with Gasteiger partial charge in [-0.3, -0.25) is 9.59 Å². The van der Waals surface area contributed by atoms with E-state index in [2.05, 4.69) is 4.90 Å². The Labute approximate surface area is 169 Å². The third kappa shape index (κ3) is 4.04. The lowest BCUT2D eigenvalue weighted by Gasteiger charge is -2.36. The monoisotopic (exact) mass is 388 g/mol. The van der Waals surface area contributed by atoms with Crippen molar-refractivity contribution in [3.63, 3.8) is 0 Å².